The predicted octanol–water partition coefficient (Wildman–Crippen LogP) is 8.20. The van der Waals surface area contributed by atoms with Gasteiger partial charge in [0.2, 0.25) is 0 Å². The van der Waals surface area contributed by atoms with E-state index >= 15 is 0 Å². The molecule has 0 saturated heterocycles. The maximum Gasteiger partial charge on any atom is 0.356 e. The topological polar surface area (TPSA) is 184 Å². The van der Waals surface area contributed by atoms with E-state index < -0.39 is 14.0 Å². The van der Waals surface area contributed by atoms with Crippen LogP contribution >= 0.6 is 0 Å². The number of fused-ring (bicyclic) bond motifs is 2. The van der Waals surface area contributed by atoms with E-state index in [1.165, 1.54) is 5.56 Å². The normalized spacial score (nSPS) is 14.4. The first-order chi connectivity index (χ1) is 27.9. The molecule has 2 aliphatic rings. The van der Waals surface area contributed by atoms with Gasteiger partial charge in [0.05, 0.1) is 36.9 Å². The van der Waals surface area contributed by atoms with Crippen LogP contribution in [-0.4, -0.2) is 71.2 Å². The molecule has 4 aromatic heterocycles. The zero-order chi connectivity index (χ0) is 42.4. The molecule has 0 atom stereocenters. The molecule has 2 aliphatic carbocycles. The van der Waals surface area contributed by atoms with Gasteiger partial charge in [-0.1, -0.05) is 115 Å². The van der Waals surface area contributed by atoms with Crippen molar-refractivity contribution in [1.82, 2.24) is 39.5 Å². The third-order valence-electron chi connectivity index (χ3n) is 10.3. The van der Waals surface area contributed by atoms with Crippen molar-refractivity contribution in [3.63, 3.8) is 0 Å². The number of aromatic nitrogens is 8. The Morgan fingerprint density at radius 3 is 2.00 bits per heavy atom. The fraction of sp³-hybridized carbons (Fsp3) is 0.422. The van der Waals surface area contributed by atoms with Crippen LogP contribution in [0.4, 0.5) is 11.4 Å². The predicted molar refractivity (Wildman–Crippen MR) is 239 cm³/mol. The quantitative estimate of drug-likeness (QED) is 0.0697. The molecular weight excluding hydrogens is 773 g/mol. The summed E-state index contributed by atoms with van der Waals surface area (Å²) in [6.45, 7) is 18.2. The number of nitrogens with zero attached hydrogens (tertiary/aromatic N) is 7. The standard InChI is InChI=1S/C19H21N5O.C15H26N2O3Si.C10H11N3.CH4/c1-19(2)8-15-16(9-19)22-23-17(15)18(25)21-14-10-20-24(12-14)11-13-6-4-3-5-7-13;1-15(2)8-11-12(9-15)17(16-13(11)14(18)19)10-20-6-7-21(3,4)5;11-10-6-12-13(8-10)7-9-4-2-1-3-5-9;/h3-7,10,12H,8-9,11H2,1-2H3,(H,21,25)(H,22,23);6-10H2,1-5H3,(H,18,19);1-6,8H,7,11H2;1H4. The van der Waals surface area contributed by atoms with Crippen LogP contribution in [-0.2, 0) is 50.2 Å². The molecule has 0 unspecified atom stereocenters. The number of nitrogens with two attached hydrogens (primary N) is 1. The molecular formula is C45H62N10O4Si. The smallest absolute Gasteiger partial charge is 0.356 e. The molecule has 0 bridgehead atoms. The SMILES string of the molecule is C.CC1(C)Cc2[nH]nc(C(=O)Nc3cnn(Cc4ccccc4)c3)c2C1.CC1(C)Cc2c(C(=O)O)nn(COCC[Si](C)(C)C)c2C1.Nc1cnn(Cc2ccccc2)c1. The van der Waals surface area contributed by atoms with Crippen molar-refractivity contribution in [1.29, 1.82) is 0 Å². The summed E-state index contributed by atoms with van der Waals surface area (Å²) in [5.41, 5.74) is 14.3. The number of aromatic carboxylic acids is 1. The van der Waals surface area contributed by atoms with Crippen LogP contribution in [0.25, 0.3) is 0 Å². The molecule has 4 heterocycles. The lowest BCUT2D eigenvalue weighted by Gasteiger charge is -2.17. The number of ether oxygens (including phenoxy) is 1. The Hall–Kier alpha value is -5.80. The maximum atomic E-state index is 12.6. The van der Waals surface area contributed by atoms with Crippen LogP contribution < -0.4 is 11.1 Å². The van der Waals surface area contributed by atoms with Crippen LogP contribution in [0.3, 0.4) is 0 Å². The minimum atomic E-state index is -1.10. The molecule has 6 aromatic rings. The number of aromatic amines is 1. The Morgan fingerprint density at radius 1 is 0.833 bits per heavy atom. The van der Waals surface area contributed by atoms with E-state index in [-0.39, 0.29) is 29.9 Å². The molecule has 0 saturated carbocycles. The number of hydrogen-bond acceptors (Lipinski definition) is 8. The van der Waals surface area contributed by atoms with Crippen molar-refractivity contribution in [2.24, 2.45) is 10.8 Å². The van der Waals surface area contributed by atoms with Crippen molar-refractivity contribution in [3.8, 4) is 0 Å². The Bertz CT molecular complexity index is 2340. The summed E-state index contributed by atoms with van der Waals surface area (Å²) in [7, 11) is -1.10. The van der Waals surface area contributed by atoms with Gasteiger partial charge in [0.15, 0.2) is 11.4 Å². The lowest BCUT2D eigenvalue weighted by Crippen LogP contribution is -2.22. The van der Waals surface area contributed by atoms with Crippen molar-refractivity contribution in [3.05, 3.63) is 130 Å². The van der Waals surface area contributed by atoms with Crippen LogP contribution in [0.2, 0.25) is 25.7 Å². The van der Waals surface area contributed by atoms with Gasteiger partial charge in [-0.25, -0.2) is 9.48 Å². The molecule has 15 heteroatoms. The van der Waals surface area contributed by atoms with Crippen molar-refractivity contribution < 1.29 is 19.4 Å². The molecule has 0 aliphatic heterocycles. The average Bonchev–Trinajstić information content (AvgIpc) is 4.02. The molecule has 5 N–H and O–H groups in total. The van der Waals surface area contributed by atoms with Crippen LogP contribution in [0, 0.1) is 10.8 Å². The van der Waals surface area contributed by atoms with E-state index in [4.69, 9.17) is 10.5 Å². The molecule has 0 radical (unpaired) electrons. The van der Waals surface area contributed by atoms with Gasteiger partial charge in [-0.15, -0.1) is 0 Å². The molecule has 1 amide bonds. The van der Waals surface area contributed by atoms with Gasteiger partial charge in [0.1, 0.15) is 6.73 Å². The lowest BCUT2D eigenvalue weighted by molar-refractivity contribution is 0.0664. The van der Waals surface area contributed by atoms with Gasteiger partial charge in [-0.3, -0.25) is 19.3 Å². The van der Waals surface area contributed by atoms with E-state index in [0.717, 1.165) is 73.0 Å². The average molecular weight is 835 g/mol. The van der Waals surface area contributed by atoms with E-state index in [9.17, 15) is 14.7 Å². The minimum Gasteiger partial charge on any atom is -0.476 e. The van der Waals surface area contributed by atoms with Gasteiger partial charge in [-0.2, -0.15) is 20.4 Å². The highest BCUT2D eigenvalue weighted by Crippen LogP contribution is 2.38. The number of nitrogens with one attached hydrogen (secondary N) is 2. The van der Waals surface area contributed by atoms with Crippen LogP contribution in [0.15, 0.2) is 85.5 Å². The lowest BCUT2D eigenvalue weighted by atomic mass is 9.90. The molecule has 14 nitrogen and oxygen atoms in total. The monoisotopic (exact) mass is 834 g/mol. The Kier molecular flexibility index (Phi) is 14.4. The number of anilines is 2. The molecule has 8 rings (SSSR count). The molecule has 320 valence electrons. The third-order valence-corrected chi connectivity index (χ3v) is 12.0. The van der Waals surface area contributed by atoms with Gasteiger partial charge in [0.25, 0.3) is 5.91 Å². The number of benzene rings is 2. The van der Waals surface area contributed by atoms with E-state index in [1.54, 1.807) is 17.1 Å². The van der Waals surface area contributed by atoms with Crippen LogP contribution in [0.1, 0.15) is 89.7 Å². The molecule has 2 aromatic carbocycles. The number of H-pyrrole nitrogens is 1. The fourth-order valence-electron chi connectivity index (χ4n) is 7.38. The van der Waals surface area contributed by atoms with Gasteiger partial charge in [0, 0.05) is 49.6 Å². The third kappa shape index (κ3) is 12.4. The number of carboxylic acids is 1. The van der Waals surface area contributed by atoms with Gasteiger partial charge >= 0.3 is 5.97 Å². The molecule has 0 fully saturated rings. The highest BCUT2D eigenvalue weighted by molar-refractivity contribution is 6.76. The number of nitrogen functional groups attached to an aromatic ring is 1. The van der Waals surface area contributed by atoms with Gasteiger partial charge < -0.3 is 20.9 Å². The summed E-state index contributed by atoms with van der Waals surface area (Å²) in [5.74, 6) is -1.13. The van der Waals surface area contributed by atoms with Crippen LogP contribution in [0.5, 0.6) is 0 Å². The first-order valence-electron chi connectivity index (χ1n) is 20.1. The highest BCUT2D eigenvalue weighted by atomic mass is 28.3. The summed E-state index contributed by atoms with van der Waals surface area (Å²) >= 11 is 0. The second-order valence-electron chi connectivity index (χ2n) is 18.3. The first-order valence-corrected chi connectivity index (χ1v) is 23.8. The van der Waals surface area contributed by atoms with Gasteiger partial charge in [-0.05, 0) is 53.7 Å². The minimum absolute atomic E-state index is 0. The number of carbonyl (C=O) groups is 2. The van der Waals surface area contributed by atoms with E-state index in [2.05, 4.69) is 102 Å². The second-order valence-corrected chi connectivity index (χ2v) is 23.9. The second kappa shape index (κ2) is 19.1. The Morgan fingerprint density at radius 2 is 1.42 bits per heavy atom. The van der Waals surface area contributed by atoms with E-state index in [0.29, 0.717) is 30.3 Å². The number of carboxylic acid groups (broad SMARTS) is 1. The number of amides is 1. The van der Waals surface area contributed by atoms with Crippen molar-refractivity contribution in [2.75, 3.05) is 17.7 Å². The fourth-order valence-corrected chi connectivity index (χ4v) is 8.13. The van der Waals surface area contributed by atoms with Crippen molar-refractivity contribution >= 4 is 31.3 Å². The number of rotatable bonds is 12. The Balaban J connectivity index is 0.000000177. The maximum absolute atomic E-state index is 12.6. The zero-order valence-electron chi connectivity index (χ0n) is 35.3. The summed E-state index contributed by atoms with van der Waals surface area (Å²) < 4.78 is 11.1. The largest absolute Gasteiger partial charge is 0.476 e. The Labute approximate surface area is 354 Å². The first kappa shape index (κ1) is 45.3. The highest BCUT2D eigenvalue weighted by Gasteiger charge is 2.37. The molecule has 0 spiro atoms. The summed E-state index contributed by atoms with van der Waals surface area (Å²) in [6.07, 6.45) is 10.4. The number of carbonyl (C=O) groups excluding carboxylic acids is 1. The molecule has 60 heavy (non-hydrogen) atoms. The number of hydrogen-bond donors (Lipinski definition) is 4. The van der Waals surface area contributed by atoms with E-state index in [1.807, 2.05) is 58.2 Å². The van der Waals surface area contributed by atoms with Crippen molar-refractivity contribution in [2.45, 2.75) is 106 Å². The summed E-state index contributed by atoms with van der Waals surface area (Å²) in [6, 6.07) is 21.4. The summed E-state index contributed by atoms with van der Waals surface area (Å²) in [4.78, 5) is 23.9. The zero-order valence-corrected chi connectivity index (χ0v) is 36.3. The summed E-state index contributed by atoms with van der Waals surface area (Å²) in [5, 5.41) is 32.1.